The quantitative estimate of drug-likeness (QED) is 0.699. The van der Waals surface area contributed by atoms with Crippen LogP contribution in [0.5, 0.6) is 5.75 Å². The summed E-state index contributed by atoms with van der Waals surface area (Å²) in [4.78, 5) is 11.0. The van der Waals surface area contributed by atoms with Crippen molar-refractivity contribution < 1.29 is 15.0 Å². The van der Waals surface area contributed by atoms with Gasteiger partial charge in [-0.3, -0.25) is 0 Å². The number of phenols is 1. The molecule has 0 spiro atoms. The summed E-state index contributed by atoms with van der Waals surface area (Å²) < 4.78 is 0. The van der Waals surface area contributed by atoms with Crippen LogP contribution in [-0.2, 0) is 0 Å². The lowest BCUT2D eigenvalue weighted by Gasteiger charge is -2.16. The smallest absolute Gasteiger partial charge is 0.339 e. The zero-order valence-corrected chi connectivity index (χ0v) is 10.0. The van der Waals surface area contributed by atoms with Gasteiger partial charge in [0.15, 0.2) is 0 Å². The van der Waals surface area contributed by atoms with Crippen LogP contribution in [0.2, 0.25) is 0 Å². The average Bonchev–Trinajstić information content (AvgIpc) is 2.19. The molecular weight excluding hydrogens is 218 g/mol. The molecule has 0 aliphatic carbocycles. The van der Waals surface area contributed by atoms with E-state index in [1.165, 1.54) is 6.07 Å². The van der Waals surface area contributed by atoms with Crippen molar-refractivity contribution in [2.24, 2.45) is 5.73 Å². The number of benzene rings is 1. The Morgan fingerprint density at radius 1 is 1.53 bits per heavy atom. The first-order valence-electron chi connectivity index (χ1n) is 5.29. The lowest BCUT2D eigenvalue weighted by Crippen LogP contribution is -2.12. The zero-order chi connectivity index (χ0) is 13.2. The number of carbonyl (C=O) groups is 1. The topological polar surface area (TPSA) is 83.6 Å². The van der Waals surface area contributed by atoms with Crippen molar-refractivity contribution >= 4 is 5.97 Å². The Balaban J connectivity index is 3.24. The van der Waals surface area contributed by atoms with Gasteiger partial charge in [-0.25, -0.2) is 4.79 Å². The third-order valence-corrected chi connectivity index (χ3v) is 2.48. The van der Waals surface area contributed by atoms with Gasteiger partial charge in [-0.1, -0.05) is 11.6 Å². The molecule has 0 bridgehead atoms. The first-order valence-corrected chi connectivity index (χ1v) is 5.29. The number of nitrogens with two attached hydrogens (primary N) is 1. The Bertz CT molecular complexity index is 466. The van der Waals surface area contributed by atoms with Gasteiger partial charge in [0.05, 0.1) is 0 Å². The monoisotopic (exact) mass is 235 g/mol. The summed E-state index contributed by atoms with van der Waals surface area (Å²) in [6.45, 7) is 7.36. The van der Waals surface area contributed by atoms with Crippen molar-refractivity contribution in [3.05, 3.63) is 41.0 Å². The van der Waals surface area contributed by atoms with Crippen LogP contribution in [0.4, 0.5) is 0 Å². The molecule has 0 aliphatic heterocycles. The highest BCUT2D eigenvalue weighted by Gasteiger charge is 2.18. The number of aromatic carboxylic acids is 1. The Kier molecular flexibility index (Phi) is 3.91. The normalized spacial score (nSPS) is 12.2. The van der Waals surface area contributed by atoms with E-state index in [0.717, 1.165) is 11.1 Å². The van der Waals surface area contributed by atoms with Crippen LogP contribution < -0.4 is 5.73 Å². The summed E-state index contributed by atoms with van der Waals surface area (Å²) >= 11 is 0. The standard InChI is InChI=1S/C13H17NO3/c1-7(2)4-11(14)9-5-8(3)6-10(12(9)15)13(16)17/h5-6,11,15H,1,4,14H2,2-3H3,(H,16,17)/t11-/m0/s1. The highest BCUT2D eigenvalue weighted by atomic mass is 16.4. The van der Waals surface area contributed by atoms with E-state index in [4.69, 9.17) is 10.8 Å². The Morgan fingerprint density at radius 3 is 2.59 bits per heavy atom. The van der Waals surface area contributed by atoms with Crippen molar-refractivity contribution in [1.29, 1.82) is 0 Å². The molecule has 0 saturated carbocycles. The van der Waals surface area contributed by atoms with Crippen molar-refractivity contribution in [1.82, 2.24) is 0 Å². The van der Waals surface area contributed by atoms with E-state index in [1.54, 1.807) is 13.0 Å². The Morgan fingerprint density at radius 2 is 2.12 bits per heavy atom. The average molecular weight is 235 g/mol. The fourth-order valence-corrected chi connectivity index (χ4v) is 1.74. The maximum Gasteiger partial charge on any atom is 0.339 e. The number of carboxylic acid groups (broad SMARTS) is 1. The predicted molar refractivity (Wildman–Crippen MR) is 66.2 cm³/mol. The van der Waals surface area contributed by atoms with Crippen LogP contribution in [0.3, 0.4) is 0 Å². The summed E-state index contributed by atoms with van der Waals surface area (Å²) in [5, 5.41) is 18.8. The van der Waals surface area contributed by atoms with E-state index in [-0.39, 0.29) is 11.3 Å². The van der Waals surface area contributed by atoms with E-state index in [2.05, 4.69) is 6.58 Å². The number of carboxylic acids is 1. The molecular formula is C13H17NO3. The van der Waals surface area contributed by atoms with Gasteiger partial charge < -0.3 is 15.9 Å². The fourth-order valence-electron chi connectivity index (χ4n) is 1.74. The van der Waals surface area contributed by atoms with Crippen LogP contribution in [0, 0.1) is 6.92 Å². The van der Waals surface area contributed by atoms with E-state index in [1.807, 2.05) is 6.92 Å². The molecule has 1 aromatic carbocycles. The molecule has 0 radical (unpaired) electrons. The molecule has 1 aromatic rings. The second-order valence-corrected chi connectivity index (χ2v) is 4.32. The lowest BCUT2D eigenvalue weighted by atomic mass is 9.96. The number of rotatable bonds is 4. The SMILES string of the molecule is C=C(C)C[C@H](N)c1cc(C)cc(C(=O)O)c1O. The van der Waals surface area contributed by atoms with Crippen LogP contribution >= 0.6 is 0 Å². The number of hydrogen-bond donors (Lipinski definition) is 3. The highest BCUT2D eigenvalue weighted by molar-refractivity contribution is 5.91. The van der Waals surface area contributed by atoms with Gasteiger partial charge in [-0.15, -0.1) is 6.58 Å². The Labute approximate surface area is 100 Å². The minimum absolute atomic E-state index is 0.114. The molecule has 0 saturated heterocycles. The van der Waals surface area contributed by atoms with Crippen molar-refractivity contribution in [3.8, 4) is 5.75 Å². The van der Waals surface area contributed by atoms with Gasteiger partial charge in [0.25, 0.3) is 0 Å². The molecule has 92 valence electrons. The second kappa shape index (κ2) is 5.01. The number of hydrogen-bond acceptors (Lipinski definition) is 3. The van der Waals surface area contributed by atoms with Crippen molar-refractivity contribution in [2.75, 3.05) is 0 Å². The van der Waals surface area contributed by atoms with Gasteiger partial charge in [0.2, 0.25) is 0 Å². The number of aryl methyl sites for hydroxylation is 1. The zero-order valence-electron chi connectivity index (χ0n) is 10.0. The van der Waals surface area contributed by atoms with Gasteiger partial charge in [-0.2, -0.15) is 0 Å². The molecule has 17 heavy (non-hydrogen) atoms. The highest BCUT2D eigenvalue weighted by Crippen LogP contribution is 2.31. The van der Waals surface area contributed by atoms with Crippen LogP contribution in [0.1, 0.15) is 40.9 Å². The summed E-state index contributed by atoms with van der Waals surface area (Å²) in [6.07, 6.45) is 0.510. The molecule has 0 fully saturated rings. The molecule has 1 atom stereocenters. The molecule has 0 aromatic heterocycles. The van der Waals surface area contributed by atoms with Crippen LogP contribution in [0.15, 0.2) is 24.3 Å². The molecule has 0 amide bonds. The molecule has 0 aliphatic rings. The molecule has 0 unspecified atom stereocenters. The van der Waals surface area contributed by atoms with E-state index in [0.29, 0.717) is 12.0 Å². The minimum Gasteiger partial charge on any atom is -0.507 e. The van der Waals surface area contributed by atoms with Gasteiger partial charge in [-0.05, 0) is 31.9 Å². The summed E-state index contributed by atoms with van der Waals surface area (Å²) in [7, 11) is 0. The third-order valence-electron chi connectivity index (χ3n) is 2.48. The van der Waals surface area contributed by atoms with Gasteiger partial charge >= 0.3 is 5.97 Å². The maximum atomic E-state index is 11.0. The Hall–Kier alpha value is -1.81. The lowest BCUT2D eigenvalue weighted by molar-refractivity contribution is 0.0693. The van der Waals surface area contributed by atoms with Crippen molar-refractivity contribution in [3.63, 3.8) is 0 Å². The molecule has 1 rings (SSSR count). The second-order valence-electron chi connectivity index (χ2n) is 4.32. The van der Waals surface area contributed by atoms with Crippen LogP contribution in [0.25, 0.3) is 0 Å². The predicted octanol–water partition coefficient (Wildman–Crippen LogP) is 2.36. The van der Waals surface area contributed by atoms with E-state index >= 15 is 0 Å². The van der Waals surface area contributed by atoms with Gasteiger partial charge in [0, 0.05) is 11.6 Å². The number of aromatic hydroxyl groups is 1. The molecule has 0 heterocycles. The van der Waals surface area contributed by atoms with Crippen LogP contribution in [-0.4, -0.2) is 16.2 Å². The van der Waals surface area contributed by atoms with Gasteiger partial charge in [0.1, 0.15) is 11.3 Å². The third kappa shape index (κ3) is 3.07. The molecule has 4 heteroatoms. The van der Waals surface area contributed by atoms with E-state index in [9.17, 15) is 9.90 Å². The minimum atomic E-state index is -1.16. The largest absolute Gasteiger partial charge is 0.507 e. The molecule has 4 nitrogen and oxygen atoms in total. The summed E-state index contributed by atoms with van der Waals surface area (Å²) in [5.74, 6) is -1.41. The van der Waals surface area contributed by atoms with Crippen molar-refractivity contribution in [2.45, 2.75) is 26.3 Å². The fraction of sp³-hybridized carbons (Fsp3) is 0.308. The summed E-state index contributed by atoms with van der Waals surface area (Å²) in [6, 6.07) is 2.69. The first kappa shape index (κ1) is 13.3. The van der Waals surface area contributed by atoms with E-state index < -0.39 is 12.0 Å². The summed E-state index contributed by atoms with van der Waals surface area (Å²) in [5.41, 5.74) is 7.90. The first-order chi connectivity index (χ1) is 7.82. The molecule has 4 N–H and O–H groups in total. The maximum absolute atomic E-state index is 11.0.